The molecule has 2 fully saturated rings. The first kappa shape index (κ1) is 7.53. The Hall–Kier alpha value is -0.120. The number of rotatable bonds is 0. The van der Waals surface area contributed by atoms with Crippen molar-refractivity contribution >= 4 is 0 Å². The van der Waals surface area contributed by atoms with E-state index in [1.165, 1.54) is 11.5 Å². The molecule has 0 aromatic heterocycles. The van der Waals surface area contributed by atoms with Crippen LogP contribution in [0.15, 0.2) is 0 Å². The van der Waals surface area contributed by atoms with E-state index in [2.05, 4.69) is 0 Å². The Bertz CT molecular complexity index is 137. The molecule has 2 aliphatic heterocycles. The van der Waals surface area contributed by atoms with E-state index in [1.54, 1.807) is 0 Å². The highest BCUT2D eigenvalue weighted by molar-refractivity contribution is 4.89. The van der Waals surface area contributed by atoms with Gasteiger partial charge in [0, 0.05) is 18.1 Å². The quantitative estimate of drug-likeness (QED) is 0.559. The van der Waals surface area contributed by atoms with Gasteiger partial charge in [0.1, 0.15) is 0 Å². The van der Waals surface area contributed by atoms with Crippen molar-refractivity contribution < 1.29 is 5.21 Å². The third-order valence-corrected chi connectivity index (χ3v) is 2.94. The van der Waals surface area contributed by atoms with Crippen LogP contribution in [0, 0.1) is 0 Å². The zero-order valence-electron chi connectivity index (χ0n) is 6.70. The van der Waals surface area contributed by atoms with Gasteiger partial charge in [0.15, 0.2) is 0 Å². The summed E-state index contributed by atoms with van der Waals surface area (Å²) in [4.78, 5) is 0. The van der Waals surface area contributed by atoms with Gasteiger partial charge in [-0.05, 0) is 25.7 Å². The largest absolute Gasteiger partial charge is 0.328 e. The lowest BCUT2D eigenvalue weighted by Crippen LogP contribution is -2.52. The van der Waals surface area contributed by atoms with Crippen molar-refractivity contribution in [2.24, 2.45) is 5.73 Å². The summed E-state index contributed by atoms with van der Waals surface area (Å²) in [6.45, 7) is 0. The van der Waals surface area contributed by atoms with E-state index in [4.69, 9.17) is 5.73 Å². The molecule has 0 aliphatic carbocycles. The molecule has 2 N–H and O–H groups in total. The third kappa shape index (κ3) is 1.28. The first-order chi connectivity index (χ1) is 5.27. The van der Waals surface area contributed by atoms with Crippen LogP contribution >= 0.6 is 0 Å². The monoisotopic (exact) mass is 155 g/mol. The molecule has 2 saturated heterocycles. The van der Waals surface area contributed by atoms with Crippen LogP contribution < -0.4 is 5.73 Å². The summed E-state index contributed by atoms with van der Waals surface area (Å²) in [7, 11) is 0. The summed E-state index contributed by atoms with van der Waals surface area (Å²) in [6, 6.07) is 0.783. The van der Waals surface area contributed by atoms with Crippen LogP contribution in [0.3, 0.4) is 0 Å². The molecule has 63 valence electrons. The van der Waals surface area contributed by atoms with Crippen molar-refractivity contribution in [3.05, 3.63) is 0 Å². The first-order valence-electron chi connectivity index (χ1n) is 4.48. The van der Waals surface area contributed by atoms with Crippen molar-refractivity contribution in [3.63, 3.8) is 0 Å². The molecule has 0 spiro atoms. The van der Waals surface area contributed by atoms with Crippen LogP contribution in [0.5, 0.6) is 0 Å². The van der Waals surface area contributed by atoms with Crippen molar-refractivity contribution in [3.8, 4) is 0 Å². The van der Waals surface area contributed by atoms with Crippen LogP contribution in [0.1, 0.15) is 32.1 Å². The Morgan fingerprint density at radius 3 is 2.27 bits per heavy atom. The van der Waals surface area contributed by atoms with E-state index >= 15 is 0 Å². The van der Waals surface area contributed by atoms with Crippen molar-refractivity contribution in [1.82, 2.24) is 5.06 Å². The highest BCUT2D eigenvalue weighted by atomic mass is 16.5. The average molecular weight is 155 g/mol. The molecule has 0 aromatic rings. The number of nitrogens with zero attached hydrogens (tertiary/aromatic N) is 1. The second-order valence-electron chi connectivity index (χ2n) is 3.83. The minimum atomic E-state index is 0.248. The zero-order chi connectivity index (χ0) is 7.84. The van der Waals surface area contributed by atoms with Crippen LogP contribution in [0.25, 0.3) is 0 Å². The summed E-state index contributed by atoms with van der Waals surface area (Å²) >= 11 is 0. The lowest BCUT2D eigenvalue weighted by atomic mass is 9.84. The van der Waals surface area contributed by atoms with E-state index in [1.807, 2.05) is 0 Å². The summed E-state index contributed by atoms with van der Waals surface area (Å²) in [5.74, 6) is 0. The van der Waals surface area contributed by atoms with Gasteiger partial charge in [-0.15, -0.1) is 10.3 Å². The molecule has 2 rings (SSSR count). The molecule has 2 atom stereocenters. The average Bonchev–Trinajstić information content (AvgIpc) is 1.92. The second-order valence-corrected chi connectivity index (χ2v) is 3.83. The number of hydroxylamine groups is 2. The Kier molecular flexibility index (Phi) is 1.87. The summed E-state index contributed by atoms with van der Waals surface area (Å²) in [6.07, 6.45) is 5.18. The van der Waals surface area contributed by atoms with Crippen molar-refractivity contribution in [1.29, 1.82) is 0 Å². The van der Waals surface area contributed by atoms with Gasteiger partial charge in [-0.1, -0.05) is 6.42 Å². The molecule has 2 unspecified atom stereocenters. The molecule has 11 heavy (non-hydrogen) atoms. The molecule has 0 aromatic carbocycles. The highest BCUT2D eigenvalue weighted by Crippen LogP contribution is 2.31. The topological polar surface area (TPSA) is 49.2 Å². The summed E-state index contributed by atoms with van der Waals surface area (Å²) < 4.78 is 0. The Balaban J connectivity index is 2.07. The van der Waals surface area contributed by atoms with Gasteiger partial charge in [-0.2, -0.15) is 0 Å². The van der Waals surface area contributed by atoms with Gasteiger partial charge in [0.2, 0.25) is 0 Å². The molecule has 3 nitrogen and oxygen atoms in total. The molecule has 2 heterocycles. The Morgan fingerprint density at radius 2 is 1.73 bits per heavy atom. The van der Waals surface area contributed by atoms with E-state index in [0.717, 1.165) is 25.7 Å². The normalized spacial score (nSPS) is 45.8. The van der Waals surface area contributed by atoms with E-state index in [0.29, 0.717) is 0 Å². The first-order valence-corrected chi connectivity index (χ1v) is 4.48. The predicted octanol–water partition coefficient (Wildman–Crippen LogP) is 0.676. The molecular formula is C8H15N2O. The maximum atomic E-state index is 11.4. The number of fused-ring (bicyclic) bond motifs is 2. The molecule has 2 aliphatic rings. The molecule has 2 bridgehead atoms. The van der Waals surface area contributed by atoms with Crippen LogP contribution in [-0.2, 0) is 5.21 Å². The maximum absolute atomic E-state index is 11.4. The second kappa shape index (κ2) is 2.73. The fraction of sp³-hybridized carbons (Fsp3) is 1.00. The zero-order valence-corrected chi connectivity index (χ0v) is 6.70. The molecule has 0 saturated carbocycles. The smallest absolute Gasteiger partial charge is 0.0401 e. The lowest BCUT2D eigenvalue weighted by molar-refractivity contribution is -0.245. The summed E-state index contributed by atoms with van der Waals surface area (Å²) in [5.41, 5.74) is 5.82. The van der Waals surface area contributed by atoms with Crippen LogP contribution in [0.2, 0.25) is 0 Å². The fourth-order valence-electron chi connectivity index (χ4n) is 2.38. The Labute approximate surface area is 67.1 Å². The van der Waals surface area contributed by atoms with Crippen molar-refractivity contribution in [2.75, 3.05) is 0 Å². The standard InChI is InChI=1S/C8H15N2O/c9-6-4-7-2-1-3-8(5-6)10(7)11/h6-8H,1-5,9H2. The molecule has 1 radical (unpaired) electrons. The van der Waals surface area contributed by atoms with Gasteiger partial charge in [0.05, 0.1) is 0 Å². The van der Waals surface area contributed by atoms with Gasteiger partial charge >= 0.3 is 0 Å². The molecule has 0 amide bonds. The van der Waals surface area contributed by atoms with Crippen LogP contribution in [0.4, 0.5) is 0 Å². The number of hydrogen-bond acceptors (Lipinski definition) is 2. The van der Waals surface area contributed by atoms with E-state index < -0.39 is 0 Å². The number of piperidine rings is 2. The van der Waals surface area contributed by atoms with Crippen molar-refractivity contribution in [2.45, 2.75) is 50.2 Å². The third-order valence-electron chi connectivity index (χ3n) is 2.94. The molecular weight excluding hydrogens is 140 g/mol. The predicted molar refractivity (Wildman–Crippen MR) is 41.2 cm³/mol. The van der Waals surface area contributed by atoms with Gasteiger partial charge < -0.3 is 5.73 Å². The summed E-state index contributed by atoms with van der Waals surface area (Å²) in [5, 5.41) is 12.7. The Morgan fingerprint density at radius 1 is 1.18 bits per heavy atom. The highest BCUT2D eigenvalue weighted by Gasteiger charge is 2.37. The number of hydrogen-bond donors (Lipinski definition) is 1. The van der Waals surface area contributed by atoms with E-state index in [9.17, 15) is 5.21 Å². The van der Waals surface area contributed by atoms with E-state index in [-0.39, 0.29) is 18.1 Å². The lowest BCUT2D eigenvalue weighted by Gasteiger charge is -2.42. The SMILES string of the molecule is NC1CC2CCCC(C1)N2[O]. The van der Waals surface area contributed by atoms with Gasteiger partial charge in [0.25, 0.3) is 0 Å². The fourth-order valence-corrected chi connectivity index (χ4v) is 2.38. The number of nitrogens with two attached hydrogens (primary N) is 1. The minimum Gasteiger partial charge on any atom is -0.328 e. The maximum Gasteiger partial charge on any atom is 0.0401 e. The minimum absolute atomic E-state index is 0.248. The van der Waals surface area contributed by atoms with Gasteiger partial charge in [-0.3, -0.25) is 0 Å². The van der Waals surface area contributed by atoms with Crippen LogP contribution in [-0.4, -0.2) is 23.2 Å². The molecule has 3 heteroatoms. The van der Waals surface area contributed by atoms with Gasteiger partial charge in [-0.25, -0.2) is 0 Å².